The molecular weight excluding hydrogens is 322 g/mol. The van der Waals surface area contributed by atoms with E-state index in [0.717, 1.165) is 12.8 Å². The minimum atomic E-state index is -0.195. The Kier molecular flexibility index (Phi) is 5.21. The fraction of sp³-hybridized carbons (Fsp3) is 0.500. The summed E-state index contributed by atoms with van der Waals surface area (Å²) in [6, 6.07) is 3.58. The van der Waals surface area contributed by atoms with Gasteiger partial charge in [-0.05, 0) is 18.9 Å². The molecule has 0 atom stereocenters. The van der Waals surface area contributed by atoms with E-state index in [0.29, 0.717) is 28.9 Å². The summed E-state index contributed by atoms with van der Waals surface area (Å²) in [5.41, 5.74) is 0.342. The van der Waals surface area contributed by atoms with Gasteiger partial charge in [0, 0.05) is 25.1 Å². The van der Waals surface area contributed by atoms with Crippen molar-refractivity contribution in [3.63, 3.8) is 0 Å². The predicted molar refractivity (Wildman–Crippen MR) is 94.1 cm³/mol. The summed E-state index contributed by atoms with van der Waals surface area (Å²) in [5, 5.41) is 3.47. The molecule has 0 saturated heterocycles. The lowest BCUT2D eigenvalue weighted by atomic mass is 10.2. The maximum absolute atomic E-state index is 12.6. The predicted octanol–water partition coefficient (Wildman–Crippen LogP) is 1.86. The van der Waals surface area contributed by atoms with Gasteiger partial charge in [-0.15, -0.1) is 0 Å². The van der Waals surface area contributed by atoms with E-state index in [1.165, 1.54) is 38.0 Å². The normalized spacial score (nSPS) is 14.6. The van der Waals surface area contributed by atoms with Crippen LogP contribution in [0.3, 0.4) is 0 Å². The molecule has 1 aromatic carbocycles. The Morgan fingerprint density at radius 1 is 1.24 bits per heavy atom. The van der Waals surface area contributed by atoms with Crippen LogP contribution in [0.5, 0.6) is 11.5 Å². The molecule has 3 rings (SSSR count). The first-order valence-electron chi connectivity index (χ1n) is 8.53. The van der Waals surface area contributed by atoms with Gasteiger partial charge in [0.15, 0.2) is 11.5 Å². The zero-order valence-electron chi connectivity index (χ0n) is 14.6. The lowest BCUT2D eigenvalue weighted by molar-refractivity contribution is -0.122. The highest BCUT2D eigenvalue weighted by Gasteiger charge is 2.17. The number of carbonyl (C=O) groups excluding carboxylic acids is 1. The third-order valence-electron chi connectivity index (χ3n) is 4.63. The smallest absolute Gasteiger partial charge is 0.261 e. The summed E-state index contributed by atoms with van der Waals surface area (Å²) < 4.78 is 11.9. The number of aromatic nitrogens is 2. The van der Waals surface area contributed by atoms with Crippen molar-refractivity contribution >= 4 is 16.8 Å². The van der Waals surface area contributed by atoms with E-state index in [1.807, 2.05) is 0 Å². The largest absolute Gasteiger partial charge is 0.493 e. The van der Waals surface area contributed by atoms with Crippen LogP contribution in [0.15, 0.2) is 23.3 Å². The van der Waals surface area contributed by atoms with Crippen LogP contribution >= 0.6 is 0 Å². The molecule has 7 nitrogen and oxygen atoms in total. The number of rotatable bonds is 6. The van der Waals surface area contributed by atoms with E-state index in [-0.39, 0.29) is 23.9 Å². The number of fused-ring (bicyclic) bond motifs is 1. The Morgan fingerprint density at radius 3 is 2.60 bits per heavy atom. The number of nitrogens with zero attached hydrogens (tertiary/aromatic N) is 2. The molecule has 1 heterocycles. The molecule has 7 heteroatoms. The number of amides is 1. The van der Waals surface area contributed by atoms with Gasteiger partial charge in [0.1, 0.15) is 0 Å². The molecule has 1 aromatic heterocycles. The van der Waals surface area contributed by atoms with Gasteiger partial charge in [-0.2, -0.15) is 0 Å². The Morgan fingerprint density at radius 2 is 1.92 bits per heavy atom. The van der Waals surface area contributed by atoms with Gasteiger partial charge < -0.3 is 14.8 Å². The van der Waals surface area contributed by atoms with Crippen LogP contribution in [0.4, 0.5) is 0 Å². The monoisotopic (exact) mass is 345 g/mol. The third-order valence-corrected chi connectivity index (χ3v) is 4.63. The van der Waals surface area contributed by atoms with E-state index in [2.05, 4.69) is 10.3 Å². The molecule has 0 bridgehead atoms. The third kappa shape index (κ3) is 3.75. The van der Waals surface area contributed by atoms with Crippen molar-refractivity contribution in [2.24, 2.45) is 0 Å². The summed E-state index contributed by atoms with van der Waals surface area (Å²) in [6.07, 6.45) is 6.17. The van der Waals surface area contributed by atoms with Crippen LogP contribution in [-0.4, -0.2) is 35.7 Å². The number of carbonyl (C=O) groups is 1. The van der Waals surface area contributed by atoms with E-state index in [1.54, 1.807) is 12.1 Å². The van der Waals surface area contributed by atoms with Gasteiger partial charge in [0.2, 0.25) is 5.91 Å². The lowest BCUT2D eigenvalue weighted by Gasteiger charge is -2.13. The molecule has 0 spiro atoms. The molecule has 1 N–H and O–H groups in total. The number of methoxy groups -OCH3 is 2. The minimum absolute atomic E-state index is 0.0220. The first kappa shape index (κ1) is 17.3. The van der Waals surface area contributed by atoms with Crippen molar-refractivity contribution in [1.29, 1.82) is 0 Å². The Labute approximate surface area is 146 Å². The van der Waals surface area contributed by atoms with Crippen LogP contribution in [0.2, 0.25) is 0 Å². The number of nitrogens with one attached hydrogen (secondary N) is 1. The highest BCUT2D eigenvalue weighted by Crippen LogP contribution is 2.29. The zero-order chi connectivity index (χ0) is 17.8. The van der Waals surface area contributed by atoms with E-state index < -0.39 is 0 Å². The molecule has 1 saturated carbocycles. The van der Waals surface area contributed by atoms with E-state index in [4.69, 9.17) is 9.47 Å². The fourth-order valence-electron chi connectivity index (χ4n) is 3.24. The highest BCUT2D eigenvalue weighted by atomic mass is 16.5. The molecular formula is C18H23N3O4. The van der Waals surface area contributed by atoms with E-state index in [9.17, 15) is 9.59 Å². The van der Waals surface area contributed by atoms with Crippen molar-refractivity contribution in [2.45, 2.75) is 44.7 Å². The molecule has 0 radical (unpaired) electrons. The summed E-state index contributed by atoms with van der Waals surface area (Å²) >= 11 is 0. The Hall–Kier alpha value is -2.57. The first-order chi connectivity index (χ1) is 12.1. The molecule has 134 valence electrons. The quantitative estimate of drug-likeness (QED) is 0.864. The second-order valence-electron chi connectivity index (χ2n) is 6.27. The summed E-state index contributed by atoms with van der Waals surface area (Å²) in [5.74, 6) is 0.979. The minimum Gasteiger partial charge on any atom is -0.493 e. The van der Waals surface area contributed by atoms with Crippen molar-refractivity contribution in [3.8, 4) is 11.5 Å². The van der Waals surface area contributed by atoms with Crippen LogP contribution < -0.4 is 20.3 Å². The number of benzene rings is 1. The molecule has 2 aromatic rings. The standard InChI is InChI=1S/C18H23N3O4/c1-24-15-9-13-14(10-16(15)25-2)19-11-21(18(13)23)8-7-17(22)20-12-5-3-4-6-12/h9-12H,3-8H2,1-2H3,(H,20,22). The highest BCUT2D eigenvalue weighted by molar-refractivity contribution is 5.81. The molecule has 1 aliphatic rings. The number of hydrogen-bond donors (Lipinski definition) is 1. The molecule has 1 aliphatic carbocycles. The summed E-state index contributed by atoms with van der Waals surface area (Å²) in [4.78, 5) is 29.0. The first-order valence-corrected chi connectivity index (χ1v) is 8.53. The second kappa shape index (κ2) is 7.55. The summed E-state index contributed by atoms with van der Waals surface area (Å²) in [6.45, 7) is 0.300. The van der Waals surface area contributed by atoms with Crippen molar-refractivity contribution < 1.29 is 14.3 Å². The van der Waals surface area contributed by atoms with Crippen LogP contribution in [-0.2, 0) is 11.3 Å². The average Bonchev–Trinajstić information content (AvgIpc) is 3.13. The number of ether oxygens (including phenoxy) is 2. The van der Waals surface area contributed by atoms with Gasteiger partial charge >= 0.3 is 0 Å². The maximum Gasteiger partial charge on any atom is 0.261 e. The molecule has 1 amide bonds. The van der Waals surface area contributed by atoms with Crippen LogP contribution in [0, 0.1) is 0 Å². The lowest BCUT2D eigenvalue weighted by Crippen LogP contribution is -2.34. The molecule has 0 aliphatic heterocycles. The topological polar surface area (TPSA) is 82.5 Å². The molecule has 25 heavy (non-hydrogen) atoms. The van der Waals surface area contributed by atoms with Gasteiger partial charge in [-0.1, -0.05) is 12.8 Å². The maximum atomic E-state index is 12.6. The molecule has 0 unspecified atom stereocenters. The van der Waals surface area contributed by atoms with Crippen LogP contribution in [0.1, 0.15) is 32.1 Å². The van der Waals surface area contributed by atoms with Crippen molar-refractivity contribution in [3.05, 3.63) is 28.8 Å². The molecule has 1 fully saturated rings. The Balaban J connectivity index is 1.76. The number of aryl methyl sites for hydroxylation is 1. The SMILES string of the molecule is COc1cc2ncn(CCC(=O)NC3CCCC3)c(=O)c2cc1OC. The summed E-state index contributed by atoms with van der Waals surface area (Å²) in [7, 11) is 3.06. The fourth-order valence-corrected chi connectivity index (χ4v) is 3.24. The second-order valence-corrected chi connectivity index (χ2v) is 6.27. The van der Waals surface area contributed by atoms with Gasteiger partial charge in [0.25, 0.3) is 5.56 Å². The van der Waals surface area contributed by atoms with Crippen molar-refractivity contribution in [1.82, 2.24) is 14.9 Å². The van der Waals surface area contributed by atoms with Crippen LogP contribution in [0.25, 0.3) is 10.9 Å². The van der Waals surface area contributed by atoms with E-state index >= 15 is 0 Å². The van der Waals surface area contributed by atoms with Gasteiger partial charge in [0.05, 0.1) is 31.4 Å². The Bertz CT molecular complexity index is 825. The van der Waals surface area contributed by atoms with Gasteiger partial charge in [-0.3, -0.25) is 14.2 Å². The van der Waals surface area contributed by atoms with Crippen molar-refractivity contribution in [2.75, 3.05) is 14.2 Å². The average molecular weight is 345 g/mol. The zero-order valence-corrected chi connectivity index (χ0v) is 14.6. The number of hydrogen-bond acceptors (Lipinski definition) is 5. The van der Waals surface area contributed by atoms with Gasteiger partial charge in [-0.25, -0.2) is 4.98 Å².